The largest absolute Gasteiger partial charge is 0.343 e. The molecule has 0 unspecified atom stereocenters. The average molecular weight is 447 g/mol. The number of hydrogen-bond acceptors (Lipinski definition) is 4. The van der Waals surface area contributed by atoms with Gasteiger partial charge < -0.3 is 10.6 Å². The maximum Gasteiger partial charge on any atom is 0.107 e. The number of aliphatic imine (C=N–C) groups is 2. The molecule has 2 aliphatic rings. The van der Waals surface area contributed by atoms with E-state index in [-0.39, 0.29) is 0 Å². The van der Waals surface area contributed by atoms with Crippen LogP contribution in [0.4, 0.5) is 22.7 Å². The summed E-state index contributed by atoms with van der Waals surface area (Å²) >= 11 is 0. The first-order chi connectivity index (χ1) is 16.8. The summed E-state index contributed by atoms with van der Waals surface area (Å²) < 4.78 is 0. The van der Waals surface area contributed by atoms with Crippen molar-refractivity contribution in [2.75, 3.05) is 10.6 Å². The molecule has 0 bridgehead atoms. The number of unbranched alkanes of at least 4 members (excludes halogenated alkanes) is 5. The van der Waals surface area contributed by atoms with E-state index >= 15 is 0 Å². The number of hydrogen-bond donors (Lipinski definition) is 2. The highest BCUT2D eigenvalue weighted by atomic mass is 15.0. The molecule has 4 aromatic rings. The van der Waals surface area contributed by atoms with Gasteiger partial charge >= 0.3 is 0 Å². The highest BCUT2D eigenvalue weighted by molar-refractivity contribution is 6.14. The Bertz CT molecular complexity index is 1300. The van der Waals surface area contributed by atoms with Gasteiger partial charge in [0, 0.05) is 35.0 Å². The van der Waals surface area contributed by atoms with Crippen molar-refractivity contribution in [1.82, 2.24) is 0 Å². The van der Waals surface area contributed by atoms with E-state index in [0.717, 1.165) is 35.9 Å². The summed E-state index contributed by atoms with van der Waals surface area (Å²) in [4.78, 5) is 9.76. The lowest BCUT2D eigenvalue weighted by Gasteiger charge is -2.19. The fourth-order valence-electron chi connectivity index (χ4n) is 5.22. The molecule has 2 heterocycles. The predicted octanol–water partition coefficient (Wildman–Crippen LogP) is 8.73. The van der Waals surface area contributed by atoms with E-state index in [9.17, 15) is 0 Å². The van der Waals surface area contributed by atoms with Gasteiger partial charge in [0.1, 0.15) is 11.7 Å². The van der Waals surface area contributed by atoms with Crippen molar-refractivity contribution in [3.8, 4) is 0 Å². The van der Waals surface area contributed by atoms with E-state index in [1.165, 1.54) is 71.4 Å². The van der Waals surface area contributed by atoms with Crippen LogP contribution in [0.15, 0.2) is 82.8 Å². The van der Waals surface area contributed by atoms with Crippen LogP contribution in [0.25, 0.3) is 21.5 Å². The van der Waals surface area contributed by atoms with Crippen LogP contribution in [-0.2, 0) is 0 Å². The molecule has 4 aromatic carbocycles. The highest BCUT2D eigenvalue weighted by Crippen LogP contribution is 2.37. The van der Waals surface area contributed by atoms with Gasteiger partial charge in [-0.05, 0) is 47.9 Å². The first-order valence-electron chi connectivity index (χ1n) is 12.6. The van der Waals surface area contributed by atoms with Crippen molar-refractivity contribution < 1.29 is 0 Å². The predicted molar refractivity (Wildman–Crippen MR) is 146 cm³/mol. The van der Waals surface area contributed by atoms with Crippen LogP contribution in [-0.4, -0.2) is 11.7 Å². The summed E-state index contributed by atoms with van der Waals surface area (Å²) in [5.41, 5.74) is 4.58. The second kappa shape index (κ2) is 9.30. The topological polar surface area (TPSA) is 48.8 Å². The summed E-state index contributed by atoms with van der Waals surface area (Å²) in [6.07, 6.45) is 9.44. The molecule has 0 radical (unpaired) electrons. The van der Waals surface area contributed by atoms with Gasteiger partial charge in [0.15, 0.2) is 0 Å². The maximum absolute atomic E-state index is 4.88. The lowest BCUT2D eigenvalue weighted by atomic mass is 10.0. The van der Waals surface area contributed by atoms with Gasteiger partial charge in [-0.25, -0.2) is 9.98 Å². The van der Waals surface area contributed by atoms with Crippen LogP contribution in [0.1, 0.15) is 51.4 Å². The fourth-order valence-corrected chi connectivity index (χ4v) is 5.22. The zero-order chi connectivity index (χ0) is 22.7. The van der Waals surface area contributed by atoms with E-state index in [4.69, 9.17) is 9.98 Å². The lowest BCUT2D eigenvalue weighted by molar-refractivity contribution is 0.607. The third-order valence-corrected chi connectivity index (χ3v) is 6.91. The Morgan fingerprint density at radius 3 is 1.35 bits per heavy atom. The second-order valence-corrected chi connectivity index (χ2v) is 9.35. The molecule has 4 heteroatoms. The summed E-state index contributed by atoms with van der Waals surface area (Å²) in [5, 5.41) is 12.1. The molecule has 4 nitrogen and oxygen atoms in total. The van der Waals surface area contributed by atoms with Gasteiger partial charge in [-0.2, -0.15) is 0 Å². The number of benzene rings is 4. The molecule has 0 aliphatic carbocycles. The average Bonchev–Trinajstić information content (AvgIpc) is 2.86. The summed E-state index contributed by atoms with van der Waals surface area (Å²) in [7, 11) is 0. The number of nitrogens with zero attached hydrogens (tertiary/aromatic N) is 2. The normalized spacial score (nSPS) is 13.9. The van der Waals surface area contributed by atoms with Gasteiger partial charge in [-0.15, -0.1) is 0 Å². The van der Waals surface area contributed by atoms with Gasteiger partial charge in [0.2, 0.25) is 0 Å². The van der Waals surface area contributed by atoms with Gasteiger partial charge in [-0.1, -0.05) is 74.2 Å². The van der Waals surface area contributed by atoms with Crippen molar-refractivity contribution in [1.29, 1.82) is 0 Å². The molecule has 0 atom stereocenters. The Kier molecular flexibility index (Phi) is 5.72. The quantitative estimate of drug-likeness (QED) is 0.253. The van der Waals surface area contributed by atoms with Crippen LogP contribution in [0.3, 0.4) is 0 Å². The molecular weight excluding hydrogens is 416 g/mol. The van der Waals surface area contributed by atoms with Crippen LogP contribution in [0.2, 0.25) is 0 Å². The fraction of sp³-hybridized carbons (Fsp3) is 0.267. The minimum absolute atomic E-state index is 1.01. The minimum Gasteiger partial charge on any atom is -0.343 e. The number of nitrogens with one attached hydrogen (secondary N) is 2. The molecule has 2 aliphatic heterocycles. The monoisotopic (exact) mass is 446 g/mol. The molecule has 2 N–H and O–H groups in total. The van der Waals surface area contributed by atoms with Crippen molar-refractivity contribution in [2.45, 2.75) is 51.4 Å². The van der Waals surface area contributed by atoms with Crippen LogP contribution >= 0.6 is 0 Å². The molecule has 34 heavy (non-hydrogen) atoms. The van der Waals surface area contributed by atoms with Crippen LogP contribution < -0.4 is 10.6 Å². The Balaban J connectivity index is 0.933. The maximum atomic E-state index is 4.88. The number of rotatable bonds is 9. The van der Waals surface area contributed by atoms with E-state index in [1.807, 2.05) is 0 Å². The van der Waals surface area contributed by atoms with Crippen molar-refractivity contribution in [2.24, 2.45) is 9.98 Å². The Morgan fingerprint density at radius 2 is 0.882 bits per heavy atom. The van der Waals surface area contributed by atoms with Crippen LogP contribution in [0.5, 0.6) is 0 Å². The van der Waals surface area contributed by atoms with Crippen molar-refractivity contribution in [3.63, 3.8) is 0 Å². The highest BCUT2D eigenvalue weighted by Gasteiger charge is 2.15. The third-order valence-electron chi connectivity index (χ3n) is 6.91. The molecule has 0 saturated heterocycles. The molecule has 0 saturated carbocycles. The smallest absolute Gasteiger partial charge is 0.107 e. The Hall–Kier alpha value is -3.66. The first kappa shape index (κ1) is 20.9. The van der Waals surface area contributed by atoms with Gasteiger partial charge in [-0.3, -0.25) is 0 Å². The third kappa shape index (κ3) is 4.16. The Labute approximate surface area is 200 Å². The summed E-state index contributed by atoms with van der Waals surface area (Å²) in [6, 6.07) is 25.6. The van der Waals surface area contributed by atoms with E-state index in [1.54, 1.807) is 0 Å². The molecule has 170 valence electrons. The van der Waals surface area contributed by atoms with Gasteiger partial charge in [0.25, 0.3) is 0 Å². The standard InChI is InChI=1S/C30H30N4/c1(3-5-19-27-31-23-15-7-11-21-12-8-16-24(32-27)29(21)23)2-4-6-20-28-33-25-17-9-13-22-14-10-18-26(34-28)30(22)25/h7-18H,1-6,19-20H2,(H,31,32)(H,33,34). The second-order valence-electron chi connectivity index (χ2n) is 9.35. The van der Waals surface area contributed by atoms with E-state index in [0.29, 0.717) is 0 Å². The van der Waals surface area contributed by atoms with E-state index in [2.05, 4.69) is 83.4 Å². The zero-order valence-corrected chi connectivity index (χ0v) is 19.5. The lowest BCUT2D eigenvalue weighted by Crippen LogP contribution is -2.14. The minimum atomic E-state index is 1.01. The van der Waals surface area contributed by atoms with Gasteiger partial charge in [0.05, 0.1) is 11.4 Å². The van der Waals surface area contributed by atoms with Crippen LogP contribution in [0, 0.1) is 0 Å². The molecule has 0 fully saturated rings. The van der Waals surface area contributed by atoms with Crippen molar-refractivity contribution in [3.05, 3.63) is 72.8 Å². The molecule has 6 rings (SSSR count). The number of anilines is 2. The molecule has 0 spiro atoms. The number of amidine groups is 2. The summed E-state index contributed by atoms with van der Waals surface area (Å²) in [5.74, 6) is 2.20. The Morgan fingerprint density at radius 1 is 0.471 bits per heavy atom. The molecular formula is C30H30N4. The summed E-state index contributed by atoms with van der Waals surface area (Å²) in [6.45, 7) is 0. The van der Waals surface area contributed by atoms with E-state index < -0.39 is 0 Å². The molecule has 0 amide bonds. The molecule has 0 aromatic heterocycles. The zero-order valence-electron chi connectivity index (χ0n) is 19.5. The van der Waals surface area contributed by atoms with Crippen molar-refractivity contribution >= 4 is 56.0 Å². The SMILES string of the molecule is c1cc2c3c(cccc3c1)NC(CCCCCCCCC1=Nc3cccc4cccc(c34)N1)=N2. The first-order valence-corrected chi connectivity index (χ1v) is 12.6.